The predicted molar refractivity (Wildman–Crippen MR) is 57.3 cm³/mol. The van der Waals surface area contributed by atoms with E-state index >= 15 is 0 Å². The summed E-state index contributed by atoms with van der Waals surface area (Å²) < 4.78 is 13.3. The lowest BCUT2D eigenvalue weighted by Crippen LogP contribution is -1.97. The van der Waals surface area contributed by atoms with Gasteiger partial charge >= 0.3 is 0 Å². The van der Waals surface area contributed by atoms with E-state index in [0.29, 0.717) is 5.16 Å². The van der Waals surface area contributed by atoms with Crippen LogP contribution in [0.25, 0.3) is 11.0 Å². The second kappa shape index (κ2) is 3.38. The SMILES string of the molecule is C=CS(=O)c1nc2ccccc2n1C. The van der Waals surface area contributed by atoms with Crippen LogP contribution in [-0.2, 0) is 17.8 Å². The molecule has 1 atom stereocenters. The highest BCUT2D eigenvalue weighted by molar-refractivity contribution is 7.87. The van der Waals surface area contributed by atoms with Crippen LogP contribution < -0.4 is 0 Å². The third kappa shape index (κ3) is 1.28. The van der Waals surface area contributed by atoms with Gasteiger partial charge in [-0.1, -0.05) is 18.7 Å². The number of hydrogen-bond acceptors (Lipinski definition) is 2. The van der Waals surface area contributed by atoms with Crippen LogP contribution >= 0.6 is 0 Å². The molecule has 72 valence electrons. The minimum atomic E-state index is -1.22. The number of nitrogens with zero attached hydrogens (tertiary/aromatic N) is 2. The molecule has 0 spiro atoms. The second-order valence-electron chi connectivity index (χ2n) is 2.91. The minimum absolute atomic E-state index is 0.543. The fourth-order valence-electron chi connectivity index (χ4n) is 1.38. The zero-order chi connectivity index (χ0) is 10.1. The molecule has 1 aromatic heterocycles. The summed E-state index contributed by atoms with van der Waals surface area (Å²) in [6, 6.07) is 7.70. The number of aryl methyl sites for hydroxylation is 1. The highest BCUT2D eigenvalue weighted by Gasteiger charge is 2.10. The number of aromatic nitrogens is 2. The Kier molecular flexibility index (Phi) is 2.21. The Bertz CT molecular complexity index is 516. The molecule has 0 aliphatic heterocycles. The van der Waals surface area contributed by atoms with Gasteiger partial charge in [0, 0.05) is 12.5 Å². The predicted octanol–water partition coefficient (Wildman–Crippen LogP) is 1.82. The topological polar surface area (TPSA) is 34.9 Å². The van der Waals surface area contributed by atoms with E-state index in [4.69, 9.17) is 0 Å². The summed E-state index contributed by atoms with van der Waals surface area (Å²) in [4.78, 5) is 4.27. The van der Waals surface area contributed by atoms with Crippen molar-refractivity contribution >= 4 is 21.8 Å². The molecule has 4 heteroatoms. The first-order valence-electron chi connectivity index (χ1n) is 4.18. The van der Waals surface area contributed by atoms with Gasteiger partial charge in [-0.3, -0.25) is 0 Å². The average Bonchev–Trinajstić information content (AvgIpc) is 2.56. The quantitative estimate of drug-likeness (QED) is 0.751. The van der Waals surface area contributed by atoms with Gasteiger partial charge in [-0.25, -0.2) is 9.19 Å². The molecular formula is C10H10N2OS. The number of hydrogen-bond donors (Lipinski definition) is 0. The van der Waals surface area contributed by atoms with Gasteiger partial charge in [-0.15, -0.1) is 0 Å². The molecule has 0 aliphatic rings. The van der Waals surface area contributed by atoms with Crippen molar-refractivity contribution in [3.63, 3.8) is 0 Å². The molecule has 14 heavy (non-hydrogen) atoms. The number of imidazole rings is 1. The summed E-state index contributed by atoms with van der Waals surface area (Å²) in [5.74, 6) is 0. The Hall–Kier alpha value is -1.42. The Morgan fingerprint density at radius 2 is 2.21 bits per heavy atom. The first-order chi connectivity index (χ1) is 6.74. The molecule has 0 bridgehead atoms. The van der Waals surface area contributed by atoms with Gasteiger partial charge in [0.1, 0.15) is 10.8 Å². The van der Waals surface area contributed by atoms with Crippen LogP contribution in [-0.4, -0.2) is 13.8 Å². The molecule has 0 saturated heterocycles. The van der Waals surface area contributed by atoms with Crippen LogP contribution in [0.1, 0.15) is 0 Å². The van der Waals surface area contributed by atoms with Crippen molar-refractivity contribution < 1.29 is 4.21 Å². The maximum Gasteiger partial charge on any atom is 0.204 e. The Labute approximate surface area is 84.5 Å². The number of para-hydroxylation sites is 2. The maximum absolute atomic E-state index is 11.5. The van der Waals surface area contributed by atoms with E-state index in [1.807, 2.05) is 35.9 Å². The van der Waals surface area contributed by atoms with Crippen LogP contribution in [0.3, 0.4) is 0 Å². The van der Waals surface area contributed by atoms with Gasteiger partial charge in [-0.05, 0) is 12.1 Å². The van der Waals surface area contributed by atoms with Gasteiger partial charge in [0.05, 0.1) is 11.0 Å². The van der Waals surface area contributed by atoms with Gasteiger partial charge < -0.3 is 4.57 Å². The number of rotatable bonds is 2. The average molecular weight is 206 g/mol. The summed E-state index contributed by atoms with van der Waals surface area (Å²) in [7, 11) is 0.634. The van der Waals surface area contributed by atoms with Gasteiger partial charge in [-0.2, -0.15) is 0 Å². The van der Waals surface area contributed by atoms with Gasteiger partial charge in [0.25, 0.3) is 0 Å². The third-order valence-corrected chi connectivity index (χ3v) is 3.11. The molecule has 0 fully saturated rings. The summed E-state index contributed by atoms with van der Waals surface area (Å²) >= 11 is 0. The number of benzene rings is 1. The Morgan fingerprint density at radius 1 is 1.50 bits per heavy atom. The minimum Gasteiger partial charge on any atom is -0.320 e. The first kappa shape index (κ1) is 9.15. The number of fused-ring (bicyclic) bond motifs is 1. The lowest BCUT2D eigenvalue weighted by Gasteiger charge is -1.97. The Balaban J connectivity index is 2.74. The molecule has 3 nitrogen and oxygen atoms in total. The van der Waals surface area contributed by atoms with E-state index in [0.717, 1.165) is 11.0 Å². The van der Waals surface area contributed by atoms with E-state index in [1.54, 1.807) is 0 Å². The lowest BCUT2D eigenvalue weighted by molar-refractivity contribution is 0.674. The normalized spacial score (nSPS) is 12.9. The zero-order valence-corrected chi connectivity index (χ0v) is 8.62. The van der Waals surface area contributed by atoms with Crippen LogP contribution in [0.4, 0.5) is 0 Å². The molecule has 2 rings (SSSR count). The molecule has 1 aromatic carbocycles. The molecule has 1 unspecified atom stereocenters. The van der Waals surface area contributed by atoms with Crippen molar-refractivity contribution in [2.75, 3.05) is 0 Å². The smallest absolute Gasteiger partial charge is 0.204 e. The van der Waals surface area contributed by atoms with Crippen molar-refractivity contribution in [2.45, 2.75) is 5.16 Å². The van der Waals surface area contributed by atoms with Gasteiger partial charge in [0.2, 0.25) is 5.16 Å². The highest BCUT2D eigenvalue weighted by Crippen LogP contribution is 2.16. The fourth-order valence-corrected chi connectivity index (χ4v) is 2.08. The van der Waals surface area contributed by atoms with Crippen molar-refractivity contribution in [1.29, 1.82) is 0 Å². The van der Waals surface area contributed by atoms with E-state index in [-0.39, 0.29) is 0 Å². The molecule has 0 amide bonds. The van der Waals surface area contributed by atoms with Crippen molar-refractivity contribution in [3.05, 3.63) is 36.3 Å². The van der Waals surface area contributed by atoms with E-state index in [2.05, 4.69) is 11.6 Å². The largest absolute Gasteiger partial charge is 0.320 e. The Morgan fingerprint density at radius 3 is 2.86 bits per heavy atom. The summed E-state index contributed by atoms with van der Waals surface area (Å²) in [5, 5.41) is 1.93. The molecule has 2 aromatic rings. The van der Waals surface area contributed by atoms with Crippen molar-refractivity contribution in [1.82, 2.24) is 9.55 Å². The standard InChI is InChI=1S/C10H10N2OS/c1-3-14(13)10-11-8-6-4-5-7-9(8)12(10)2/h3-7H,1H2,2H3. The van der Waals surface area contributed by atoms with Crippen LogP contribution in [0.15, 0.2) is 41.4 Å². The van der Waals surface area contributed by atoms with Crippen molar-refractivity contribution in [3.8, 4) is 0 Å². The second-order valence-corrected chi connectivity index (χ2v) is 4.20. The highest BCUT2D eigenvalue weighted by atomic mass is 32.2. The molecule has 0 radical (unpaired) electrons. The summed E-state index contributed by atoms with van der Waals surface area (Å²) in [5.41, 5.74) is 1.85. The van der Waals surface area contributed by atoms with Crippen molar-refractivity contribution in [2.24, 2.45) is 7.05 Å². The summed E-state index contributed by atoms with van der Waals surface area (Å²) in [6.07, 6.45) is 0. The van der Waals surface area contributed by atoms with Crippen LogP contribution in [0.5, 0.6) is 0 Å². The van der Waals surface area contributed by atoms with E-state index < -0.39 is 10.8 Å². The zero-order valence-electron chi connectivity index (χ0n) is 7.80. The van der Waals surface area contributed by atoms with Crippen LogP contribution in [0, 0.1) is 0 Å². The van der Waals surface area contributed by atoms with E-state index in [9.17, 15) is 4.21 Å². The van der Waals surface area contributed by atoms with Gasteiger partial charge in [0.15, 0.2) is 0 Å². The third-order valence-electron chi connectivity index (χ3n) is 2.08. The lowest BCUT2D eigenvalue weighted by atomic mass is 10.3. The molecule has 1 heterocycles. The maximum atomic E-state index is 11.5. The first-order valence-corrected chi connectivity index (χ1v) is 5.40. The molecular weight excluding hydrogens is 196 g/mol. The fraction of sp³-hybridized carbons (Fsp3) is 0.100. The molecule has 0 aliphatic carbocycles. The molecule has 0 saturated carbocycles. The molecule has 0 N–H and O–H groups in total. The summed E-state index contributed by atoms with van der Waals surface area (Å²) in [6.45, 7) is 3.49. The van der Waals surface area contributed by atoms with Crippen LogP contribution in [0.2, 0.25) is 0 Å². The van der Waals surface area contributed by atoms with E-state index in [1.165, 1.54) is 5.41 Å². The monoisotopic (exact) mass is 206 g/mol.